The van der Waals surface area contributed by atoms with Crippen LogP contribution in [0.1, 0.15) is 5.56 Å². The van der Waals surface area contributed by atoms with E-state index in [0.29, 0.717) is 39.1 Å². The molecular formula is C19H24FN4O4S+. The number of nitro groups is 1. The third kappa shape index (κ3) is 5.08. The maximum absolute atomic E-state index is 13.2. The highest BCUT2D eigenvalue weighted by molar-refractivity contribution is 7.89. The van der Waals surface area contributed by atoms with Gasteiger partial charge in [-0.25, -0.2) is 12.8 Å². The van der Waals surface area contributed by atoms with E-state index < -0.39 is 14.9 Å². The number of benzene rings is 2. The van der Waals surface area contributed by atoms with Crippen LogP contribution in [0.3, 0.4) is 0 Å². The molecule has 2 N–H and O–H groups in total. The zero-order valence-electron chi connectivity index (χ0n) is 16.1. The molecule has 0 unspecified atom stereocenters. The normalized spacial score (nSPS) is 15.9. The lowest BCUT2D eigenvalue weighted by Crippen LogP contribution is -3.12. The maximum Gasteiger partial charge on any atom is 0.293 e. The van der Waals surface area contributed by atoms with Crippen LogP contribution in [0.4, 0.5) is 15.8 Å². The van der Waals surface area contributed by atoms with Crippen LogP contribution >= 0.6 is 0 Å². The van der Waals surface area contributed by atoms with E-state index in [9.17, 15) is 22.9 Å². The minimum atomic E-state index is -3.78. The zero-order chi connectivity index (χ0) is 21.0. The number of hydrogen-bond donors (Lipinski definition) is 2. The Labute approximate surface area is 169 Å². The topological polar surface area (TPSA) is 97.0 Å². The molecule has 0 aromatic heterocycles. The van der Waals surface area contributed by atoms with Gasteiger partial charge in [-0.15, -0.1) is 0 Å². The van der Waals surface area contributed by atoms with Crippen LogP contribution in [0.25, 0.3) is 0 Å². The highest BCUT2D eigenvalue weighted by Gasteiger charge is 2.31. The Balaban J connectivity index is 1.75. The Bertz CT molecular complexity index is 991. The smallest absolute Gasteiger partial charge is 0.293 e. The third-order valence-corrected chi connectivity index (χ3v) is 6.89. The molecular weight excluding hydrogens is 399 g/mol. The number of quaternary nitrogens is 1. The van der Waals surface area contributed by atoms with Crippen molar-refractivity contribution in [1.29, 1.82) is 0 Å². The summed E-state index contributed by atoms with van der Waals surface area (Å²) in [5, 5.41) is 14.5. The zero-order valence-corrected chi connectivity index (χ0v) is 16.9. The van der Waals surface area contributed by atoms with Crippen molar-refractivity contribution in [2.24, 2.45) is 0 Å². The van der Waals surface area contributed by atoms with Crippen LogP contribution in [0.5, 0.6) is 0 Å². The fourth-order valence-corrected chi connectivity index (χ4v) is 4.73. The second-order valence-electron chi connectivity index (χ2n) is 7.10. The highest BCUT2D eigenvalue weighted by Crippen LogP contribution is 2.29. The number of likely N-dealkylation sites (N-methyl/N-ethyl adjacent to an activating group) is 1. The summed E-state index contributed by atoms with van der Waals surface area (Å²) in [6.07, 6.45) is 0.471. The molecule has 0 amide bonds. The number of nitro benzene ring substituents is 1. The number of sulfonamides is 1. The van der Waals surface area contributed by atoms with E-state index in [1.165, 1.54) is 33.5 Å². The van der Waals surface area contributed by atoms with Crippen molar-refractivity contribution in [3.05, 3.63) is 64.0 Å². The number of halogens is 1. The van der Waals surface area contributed by atoms with Gasteiger partial charge in [0.25, 0.3) is 5.69 Å². The van der Waals surface area contributed by atoms with Gasteiger partial charge in [0, 0.05) is 12.6 Å². The molecule has 0 radical (unpaired) electrons. The molecule has 1 aliphatic rings. The lowest BCUT2D eigenvalue weighted by atomic mass is 10.1. The van der Waals surface area contributed by atoms with Crippen LogP contribution in [0, 0.1) is 15.9 Å². The number of hydrogen-bond acceptors (Lipinski definition) is 5. The Hall–Kier alpha value is -2.56. The van der Waals surface area contributed by atoms with Crippen molar-refractivity contribution in [3.63, 3.8) is 0 Å². The fraction of sp³-hybridized carbons (Fsp3) is 0.368. The van der Waals surface area contributed by atoms with E-state index in [1.54, 1.807) is 12.1 Å². The summed E-state index contributed by atoms with van der Waals surface area (Å²) in [6.45, 7) is 2.50. The highest BCUT2D eigenvalue weighted by atomic mass is 32.2. The number of rotatable bonds is 7. The first-order valence-electron chi connectivity index (χ1n) is 9.35. The third-order valence-electron chi connectivity index (χ3n) is 5.00. The van der Waals surface area contributed by atoms with E-state index in [4.69, 9.17) is 0 Å². The largest absolute Gasteiger partial charge is 0.379 e. The molecule has 8 nitrogen and oxygen atoms in total. The van der Waals surface area contributed by atoms with E-state index in [2.05, 4.69) is 5.32 Å². The molecule has 29 heavy (non-hydrogen) atoms. The predicted molar refractivity (Wildman–Crippen MR) is 107 cm³/mol. The summed E-state index contributed by atoms with van der Waals surface area (Å²) in [7, 11) is -1.78. The van der Waals surface area contributed by atoms with Gasteiger partial charge < -0.3 is 10.2 Å². The Kier molecular flexibility index (Phi) is 6.46. The molecule has 1 saturated heterocycles. The van der Waals surface area contributed by atoms with Crippen molar-refractivity contribution in [2.45, 2.75) is 11.3 Å². The molecule has 1 heterocycles. The van der Waals surface area contributed by atoms with E-state index in [1.807, 2.05) is 7.05 Å². The Morgan fingerprint density at radius 2 is 1.93 bits per heavy atom. The molecule has 10 heteroatoms. The Morgan fingerprint density at radius 1 is 1.21 bits per heavy atom. The van der Waals surface area contributed by atoms with Crippen molar-refractivity contribution < 1.29 is 22.6 Å². The summed E-state index contributed by atoms with van der Waals surface area (Å²) in [6, 6.07) is 10.0. The first-order chi connectivity index (χ1) is 13.8. The number of anilines is 1. The van der Waals surface area contributed by atoms with Gasteiger partial charge in [-0.2, -0.15) is 4.31 Å². The summed E-state index contributed by atoms with van der Waals surface area (Å²) in [5.74, 6) is -0.339. The van der Waals surface area contributed by atoms with E-state index in [-0.39, 0.29) is 22.1 Å². The van der Waals surface area contributed by atoms with Crippen molar-refractivity contribution in [3.8, 4) is 0 Å². The first-order valence-corrected chi connectivity index (χ1v) is 10.8. The molecule has 2 aromatic carbocycles. The minimum absolute atomic E-state index is 0.0839. The lowest BCUT2D eigenvalue weighted by molar-refractivity contribution is -0.883. The molecule has 0 atom stereocenters. The van der Waals surface area contributed by atoms with Gasteiger partial charge in [0.1, 0.15) is 11.5 Å². The molecule has 0 spiro atoms. The van der Waals surface area contributed by atoms with E-state index in [0.717, 1.165) is 11.6 Å². The average Bonchev–Trinajstić information content (AvgIpc) is 2.68. The van der Waals surface area contributed by atoms with Gasteiger partial charge in [0.15, 0.2) is 0 Å². The minimum Gasteiger partial charge on any atom is -0.379 e. The summed E-state index contributed by atoms with van der Waals surface area (Å²) in [4.78, 5) is 12.1. The standard InChI is InChI=1S/C19H23FN4O4S/c1-22-9-11-23(12-10-22)29(27,28)17-5-6-18(19(14-17)24(25)26)21-8-7-15-3-2-4-16(20)13-15/h2-6,13-14,21H,7-12H2,1H3/p+1. The summed E-state index contributed by atoms with van der Waals surface area (Å²) in [5.41, 5.74) is 0.690. The van der Waals surface area contributed by atoms with E-state index >= 15 is 0 Å². The fourth-order valence-electron chi connectivity index (χ4n) is 3.26. The van der Waals surface area contributed by atoms with Crippen LogP contribution < -0.4 is 10.2 Å². The van der Waals surface area contributed by atoms with Crippen LogP contribution in [-0.2, 0) is 16.4 Å². The van der Waals surface area contributed by atoms with Crippen molar-refractivity contribution in [1.82, 2.24) is 4.31 Å². The second kappa shape index (κ2) is 8.85. The van der Waals surface area contributed by atoms with Crippen molar-refractivity contribution in [2.75, 3.05) is 45.1 Å². The quantitative estimate of drug-likeness (QED) is 0.510. The molecule has 3 rings (SSSR count). The molecule has 156 valence electrons. The number of piperazine rings is 1. The molecule has 1 fully saturated rings. The number of nitrogens with one attached hydrogen (secondary N) is 2. The Morgan fingerprint density at radius 3 is 2.59 bits per heavy atom. The number of nitrogens with zero attached hydrogens (tertiary/aromatic N) is 2. The van der Waals surface area contributed by atoms with Gasteiger partial charge in [0.05, 0.1) is 43.0 Å². The van der Waals surface area contributed by atoms with Crippen LogP contribution in [0.2, 0.25) is 0 Å². The summed E-state index contributed by atoms with van der Waals surface area (Å²) < 4.78 is 40.3. The lowest BCUT2D eigenvalue weighted by Gasteiger charge is -2.29. The van der Waals surface area contributed by atoms with Crippen molar-refractivity contribution >= 4 is 21.4 Å². The molecule has 0 aliphatic carbocycles. The first kappa shape index (κ1) is 21.2. The van der Waals surface area contributed by atoms with Gasteiger partial charge in [-0.3, -0.25) is 10.1 Å². The van der Waals surface area contributed by atoms with Crippen LogP contribution in [-0.4, -0.2) is 57.4 Å². The van der Waals surface area contributed by atoms with Gasteiger partial charge in [0.2, 0.25) is 10.0 Å². The van der Waals surface area contributed by atoms with Gasteiger partial charge in [-0.1, -0.05) is 12.1 Å². The second-order valence-corrected chi connectivity index (χ2v) is 9.04. The molecule has 1 aliphatic heterocycles. The van der Waals surface area contributed by atoms with Crippen LogP contribution in [0.15, 0.2) is 47.4 Å². The predicted octanol–water partition coefficient (Wildman–Crippen LogP) is 0.908. The van der Waals surface area contributed by atoms with Gasteiger partial charge >= 0.3 is 0 Å². The molecule has 2 aromatic rings. The monoisotopic (exact) mass is 423 g/mol. The maximum atomic E-state index is 13.2. The average molecular weight is 423 g/mol. The van der Waals surface area contributed by atoms with Gasteiger partial charge in [-0.05, 0) is 36.2 Å². The molecule has 0 bridgehead atoms. The summed E-state index contributed by atoms with van der Waals surface area (Å²) >= 11 is 0. The molecule has 0 saturated carbocycles. The SMILES string of the molecule is C[NH+]1CCN(S(=O)(=O)c2ccc(NCCc3cccc(F)c3)c([N+](=O)[O-])c2)CC1.